The van der Waals surface area contributed by atoms with E-state index in [0.29, 0.717) is 12.2 Å². The maximum Gasteiger partial charge on any atom is 0.271 e. The fraction of sp³-hybridized carbons (Fsp3) is 0.571. The van der Waals surface area contributed by atoms with Gasteiger partial charge in [0.15, 0.2) is 0 Å². The van der Waals surface area contributed by atoms with Crippen molar-refractivity contribution in [1.82, 2.24) is 20.6 Å². The van der Waals surface area contributed by atoms with Crippen molar-refractivity contribution in [2.24, 2.45) is 29.1 Å². The Hall–Kier alpha value is -3.00. The molecular formula is C28H38N4O4. The van der Waals surface area contributed by atoms with Gasteiger partial charge in [-0.1, -0.05) is 32.9 Å². The number of nitrogens with zero attached hydrogens (tertiary/aromatic N) is 2. The normalized spacial score (nSPS) is 30.5. The number of amides is 2. The molecule has 2 saturated carbocycles. The molecule has 3 N–H and O–H groups in total. The minimum absolute atomic E-state index is 0.00556. The second-order valence-electron chi connectivity index (χ2n) is 10.8. The molecule has 0 bridgehead atoms. The van der Waals surface area contributed by atoms with Crippen molar-refractivity contribution in [2.45, 2.75) is 65.1 Å². The van der Waals surface area contributed by atoms with Gasteiger partial charge in [-0.15, -0.1) is 0 Å². The van der Waals surface area contributed by atoms with Crippen LogP contribution in [0.5, 0.6) is 5.75 Å². The zero-order valence-corrected chi connectivity index (χ0v) is 21.6. The number of aliphatic hydroxyl groups is 1. The largest absolute Gasteiger partial charge is 0.497 e. The molecule has 7 atom stereocenters. The Kier molecular flexibility index (Phi) is 7.93. The zero-order valence-electron chi connectivity index (χ0n) is 21.6. The van der Waals surface area contributed by atoms with Gasteiger partial charge >= 0.3 is 0 Å². The lowest BCUT2D eigenvalue weighted by Crippen LogP contribution is -2.58. The Morgan fingerprint density at radius 3 is 2.58 bits per heavy atom. The highest BCUT2D eigenvalue weighted by atomic mass is 16.5. The van der Waals surface area contributed by atoms with Crippen molar-refractivity contribution in [3.8, 4) is 5.75 Å². The van der Waals surface area contributed by atoms with Crippen molar-refractivity contribution in [1.29, 1.82) is 0 Å². The summed E-state index contributed by atoms with van der Waals surface area (Å²) in [5, 5.41) is 17.8. The molecule has 2 aliphatic carbocycles. The van der Waals surface area contributed by atoms with Crippen LogP contribution < -0.4 is 15.4 Å². The summed E-state index contributed by atoms with van der Waals surface area (Å²) in [6.45, 7) is 6.72. The number of benzene rings is 1. The van der Waals surface area contributed by atoms with Crippen molar-refractivity contribution in [3.05, 3.63) is 54.1 Å². The van der Waals surface area contributed by atoms with Gasteiger partial charge in [0.2, 0.25) is 5.91 Å². The molecule has 1 heterocycles. The summed E-state index contributed by atoms with van der Waals surface area (Å²) in [5.74, 6) is 0.108. The van der Waals surface area contributed by atoms with E-state index in [2.05, 4.69) is 34.4 Å². The van der Waals surface area contributed by atoms with Crippen LogP contribution in [-0.2, 0) is 11.3 Å². The van der Waals surface area contributed by atoms with E-state index in [9.17, 15) is 14.7 Å². The van der Waals surface area contributed by atoms with Crippen molar-refractivity contribution < 1.29 is 19.4 Å². The molecule has 8 heteroatoms. The fourth-order valence-corrected chi connectivity index (χ4v) is 6.44. The molecule has 2 aromatic rings. The molecule has 0 aliphatic heterocycles. The van der Waals surface area contributed by atoms with Crippen LogP contribution in [0, 0.1) is 29.1 Å². The third-order valence-electron chi connectivity index (χ3n) is 8.68. The number of aromatic nitrogens is 2. The van der Waals surface area contributed by atoms with Crippen LogP contribution in [0.1, 0.15) is 62.5 Å². The van der Waals surface area contributed by atoms with Gasteiger partial charge in [-0.05, 0) is 66.5 Å². The molecule has 2 fully saturated rings. The molecular weight excluding hydrogens is 456 g/mol. The average molecular weight is 495 g/mol. The van der Waals surface area contributed by atoms with E-state index in [0.717, 1.165) is 37.0 Å². The Labute approximate surface area is 213 Å². The first-order chi connectivity index (χ1) is 17.2. The molecule has 8 nitrogen and oxygen atoms in total. The van der Waals surface area contributed by atoms with Crippen LogP contribution in [0.4, 0.5) is 0 Å². The van der Waals surface area contributed by atoms with E-state index in [1.165, 1.54) is 18.6 Å². The summed E-state index contributed by atoms with van der Waals surface area (Å²) in [6.07, 6.45) is 7.46. The van der Waals surface area contributed by atoms with Gasteiger partial charge < -0.3 is 20.5 Å². The summed E-state index contributed by atoms with van der Waals surface area (Å²) in [5.41, 5.74) is 1.28. The van der Waals surface area contributed by atoms with Crippen LogP contribution in [0.15, 0.2) is 42.9 Å². The second-order valence-corrected chi connectivity index (χ2v) is 10.8. The van der Waals surface area contributed by atoms with Crippen molar-refractivity contribution in [2.75, 3.05) is 7.11 Å². The summed E-state index contributed by atoms with van der Waals surface area (Å²) >= 11 is 0. The molecule has 2 aliphatic rings. The maximum atomic E-state index is 13.1. The molecule has 36 heavy (non-hydrogen) atoms. The number of fused-ring (bicyclic) bond motifs is 1. The smallest absolute Gasteiger partial charge is 0.271 e. The average Bonchev–Trinajstić information content (AvgIpc) is 2.89. The lowest BCUT2D eigenvalue weighted by atomic mass is 9.51. The number of carbonyl (C=O) groups excluding carboxylic acids is 2. The van der Waals surface area contributed by atoms with Gasteiger partial charge in [0, 0.05) is 30.9 Å². The second kappa shape index (κ2) is 10.9. The fourth-order valence-electron chi connectivity index (χ4n) is 6.44. The lowest BCUT2D eigenvalue weighted by molar-refractivity contribution is -0.142. The standard InChI is InChI=1S/C28H38N4O4/c1-17(26(34)31-15-19-5-7-20(36-4)8-6-19)21-9-11-28(3)12-10-22(18(2)24(28)25(21)33)32-27(35)23-16-29-13-14-30-23/h5-8,13-14,16-18,21-22,24-25,33H,9-12,15H2,1-4H3,(H,31,34)(H,32,35). The third kappa shape index (κ3) is 5.38. The Bertz CT molecular complexity index is 1050. The van der Waals surface area contributed by atoms with Gasteiger partial charge in [-0.2, -0.15) is 0 Å². The minimum Gasteiger partial charge on any atom is -0.497 e. The van der Waals surface area contributed by atoms with E-state index in [4.69, 9.17) is 4.74 Å². The van der Waals surface area contributed by atoms with Crippen LogP contribution in [-0.4, -0.2) is 46.1 Å². The SMILES string of the molecule is COc1ccc(CNC(=O)C(C)C2CCC3(C)CCC(NC(=O)c4cnccn4)C(C)C3C2O)cc1. The van der Waals surface area contributed by atoms with Crippen LogP contribution >= 0.6 is 0 Å². The first kappa shape index (κ1) is 26.1. The quantitative estimate of drug-likeness (QED) is 0.544. The summed E-state index contributed by atoms with van der Waals surface area (Å²) in [4.78, 5) is 33.9. The predicted octanol–water partition coefficient (Wildman–Crippen LogP) is 3.36. The molecule has 194 valence electrons. The van der Waals surface area contributed by atoms with E-state index in [1.54, 1.807) is 7.11 Å². The Morgan fingerprint density at radius 1 is 1.19 bits per heavy atom. The van der Waals surface area contributed by atoms with Crippen LogP contribution in [0.3, 0.4) is 0 Å². The number of hydrogen-bond donors (Lipinski definition) is 3. The van der Waals surface area contributed by atoms with Gasteiger partial charge in [0.25, 0.3) is 5.91 Å². The number of methoxy groups -OCH3 is 1. The molecule has 2 amide bonds. The van der Waals surface area contributed by atoms with E-state index in [-0.39, 0.29) is 46.9 Å². The van der Waals surface area contributed by atoms with Crippen molar-refractivity contribution in [3.63, 3.8) is 0 Å². The first-order valence-electron chi connectivity index (χ1n) is 12.9. The number of hydrogen-bond acceptors (Lipinski definition) is 6. The van der Waals surface area contributed by atoms with Crippen LogP contribution in [0.25, 0.3) is 0 Å². The van der Waals surface area contributed by atoms with Gasteiger partial charge in [-0.25, -0.2) is 4.98 Å². The zero-order chi connectivity index (χ0) is 25.9. The van der Waals surface area contributed by atoms with Gasteiger partial charge in [0.1, 0.15) is 11.4 Å². The number of ether oxygens (including phenoxy) is 1. The number of aliphatic hydroxyl groups excluding tert-OH is 1. The predicted molar refractivity (Wildman–Crippen MR) is 136 cm³/mol. The van der Waals surface area contributed by atoms with Crippen LogP contribution in [0.2, 0.25) is 0 Å². The first-order valence-corrected chi connectivity index (χ1v) is 12.9. The van der Waals surface area contributed by atoms with E-state index < -0.39 is 6.10 Å². The van der Waals surface area contributed by atoms with Gasteiger partial charge in [0.05, 0.1) is 19.4 Å². The molecule has 0 spiro atoms. The molecule has 7 unspecified atom stereocenters. The molecule has 1 aromatic carbocycles. The molecule has 0 saturated heterocycles. The minimum atomic E-state index is -0.614. The van der Waals surface area contributed by atoms with Crippen molar-refractivity contribution >= 4 is 11.8 Å². The summed E-state index contributed by atoms with van der Waals surface area (Å²) < 4.78 is 5.19. The highest BCUT2D eigenvalue weighted by molar-refractivity contribution is 5.92. The highest BCUT2D eigenvalue weighted by Gasteiger charge is 2.53. The van der Waals surface area contributed by atoms with Gasteiger partial charge in [-0.3, -0.25) is 14.6 Å². The number of nitrogens with one attached hydrogen (secondary N) is 2. The summed E-state index contributed by atoms with van der Waals surface area (Å²) in [6, 6.07) is 7.56. The molecule has 4 rings (SSSR count). The topological polar surface area (TPSA) is 113 Å². The van der Waals surface area contributed by atoms with E-state index in [1.807, 2.05) is 31.2 Å². The highest BCUT2D eigenvalue weighted by Crippen LogP contribution is 2.55. The molecule has 0 radical (unpaired) electrons. The molecule has 1 aromatic heterocycles. The third-order valence-corrected chi connectivity index (χ3v) is 8.68. The van der Waals surface area contributed by atoms with E-state index >= 15 is 0 Å². The Balaban J connectivity index is 1.40. The maximum absolute atomic E-state index is 13.1. The summed E-state index contributed by atoms with van der Waals surface area (Å²) in [7, 11) is 1.63. The lowest BCUT2D eigenvalue weighted by Gasteiger charge is -2.56. The monoisotopic (exact) mass is 494 g/mol. The number of carbonyl (C=O) groups is 2. The Morgan fingerprint density at radius 2 is 1.92 bits per heavy atom. The number of rotatable bonds is 7.